The van der Waals surface area contributed by atoms with Gasteiger partial charge in [0.2, 0.25) is 5.15 Å². The van der Waals surface area contributed by atoms with E-state index in [1.54, 1.807) is 65.7 Å². The fourth-order valence-electron chi connectivity index (χ4n) is 8.00. The van der Waals surface area contributed by atoms with E-state index in [-0.39, 0.29) is 80.6 Å². The number of alkyl halides is 1. The van der Waals surface area contributed by atoms with Crippen LogP contribution in [-0.4, -0.2) is 96.6 Å². The Labute approximate surface area is 558 Å². The molecule has 0 bridgehead atoms. The van der Waals surface area contributed by atoms with Crippen molar-refractivity contribution in [3.8, 4) is 33.8 Å². The molecule has 0 unspecified atom stereocenters. The summed E-state index contributed by atoms with van der Waals surface area (Å²) in [7, 11) is -1.34. The van der Waals surface area contributed by atoms with E-state index in [1.807, 2.05) is 99.6 Å². The van der Waals surface area contributed by atoms with Crippen LogP contribution in [0.5, 0.6) is 0 Å². The van der Waals surface area contributed by atoms with E-state index in [0.717, 1.165) is 66.6 Å². The van der Waals surface area contributed by atoms with Crippen LogP contribution in [-0.2, 0) is 29.0 Å². The van der Waals surface area contributed by atoms with Gasteiger partial charge in [0.1, 0.15) is 17.0 Å². The number of carbonyl (C=O) groups is 2. The molecule has 3 aliphatic rings. The van der Waals surface area contributed by atoms with Gasteiger partial charge < -0.3 is 30.5 Å². The number of likely N-dealkylation sites (tertiary alicyclic amines) is 1. The molecular formula is C65H78BClIN9O12Zn. The number of carboxylic acids is 1. The Morgan fingerprint density at radius 3 is 1.34 bits per heavy atom. The van der Waals surface area contributed by atoms with Crippen LogP contribution >= 0.6 is 34.2 Å². The van der Waals surface area contributed by atoms with Crippen molar-refractivity contribution in [1.82, 2.24) is 24.8 Å². The number of rotatable bonds is 9. The Kier molecular flexibility index (Phi) is 35.9. The summed E-state index contributed by atoms with van der Waals surface area (Å²) in [4.78, 5) is 69.5. The molecular weight excluding hydrogens is 1340 g/mol. The van der Waals surface area contributed by atoms with Gasteiger partial charge in [0.25, 0.3) is 17.3 Å². The summed E-state index contributed by atoms with van der Waals surface area (Å²) in [6, 6.07) is 50.5. The van der Waals surface area contributed by atoms with E-state index in [1.165, 1.54) is 55.8 Å². The van der Waals surface area contributed by atoms with E-state index in [0.29, 0.717) is 32.6 Å². The summed E-state index contributed by atoms with van der Waals surface area (Å²) < 4.78 is 5.78. The van der Waals surface area contributed by atoms with Crippen LogP contribution in [0.4, 0.5) is 27.5 Å². The maximum atomic E-state index is 11.3. The van der Waals surface area contributed by atoms with Gasteiger partial charge in [-0.3, -0.25) is 40.1 Å². The first-order chi connectivity index (χ1) is 41.0. The third-order valence-electron chi connectivity index (χ3n) is 12.7. The zero-order chi connectivity index (χ0) is 62.8. The minimum Gasteiger partial charge on any atom is -0.481 e. The number of hydrogen-bond donors (Lipinski definition) is 4. The topological polar surface area (TPSA) is 314 Å². The van der Waals surface area contributed by atoms with Crippen molar-refractivity contribution < 1.29 is 63.7 Å². The van der Waals surface area contributed by atoms with Gasteiger partial charge in [-0.15, -0.1) is 0 Å². The molecule has 5 heterocycles. The molecule has 0 radical (unpaired) electrons. The van der Waals surface area contributed by atoms with Gasteiger partial charge >= 0.3 is 18.9 Å². The monoisotopic (exact) mass is 1410 g/mol. The number of ether oxygens (including phenoxy) is 1. The summed E-state index contributed by atoms with van der Waals surface area (Å²) in [5.41, 5.74) is 13.5. The Balaban J connectivity index is 0.000000537. The van der Waals surface area contributed by atoms with E-state index in [4.69, 9.17) is 47.0 Å². The number of carboxylic acid groups (broad SMARTS) is 1. The predicted octanol–water partition coefficient (Wildman–Crippen LogP) is 15.2. The van der Waals surface area contributed by atoms with Crippen LogP contribution in [0.1, 0.15) is 112 Å². The summed E-state index contributed by atoms with van der Waals surface area (Å²) in [5.74, 6) is 0.293. The maximum absolute atomic E-state index is 11.3. The number of anilines is 1. The van der Waals surface area contributed by atoms with Crippen molar-refractivity contribution in [2.75, 3.05) is 18.8 Å². The number of nitrogens with zero attached hydrogens (tertiary/aromatic N) is 8. The number of amides is 1. The van der Waals surface area contributed by atoms with Gasteiger partial charge in [0.15, 0.2) is 0 Å². The number of benzene rings is 4. The first-order valence-corrected chi connectivity index (χ1v) is 28.8. The van der Waals surface area contributed by atoms with Gasteiger partial charge in [-0.05, 0) is 82.2 Å². The molecule has 25 heteroatoms. The van der Waals surface area contributed by atoms with E-state index in [2.05, 4.69) is 55.7 Å². The zero-order valence-corrected chi connectivity index (χ0v) is 54.3. The molecule has 90 heavy (non-hydrogen) atoms. The van der Waals surface area contributed by atoms with Crippen molar-refractivity contribution in [3.05, 3.63) is 229 Å². The fourth-order valence-corrected chi connectivity index (χ4v) is 9.14. The first kappa shape index (κ1) is 79.9. The molecule has 1 amide bonds. The van der Waals surface area contributed by atoms with Gasteiger partial charge in [0.05, 0.1) is 26.2 Å². The normalized spacial score (nSPS) is 12.5. The average molecular weight is 1420 g/mol. The van der Waals surface area contributed by atoms with Crippen molar-refractivity contribution in [2.45, 2.75) is 110 Å². The largest absolute Gasteiger partial charge is 0.488 e. The summed E-state index contributed by atoms with van der Waals surface area (Å²) in [5, 5.41) is 56.5. The number of nitrogen functional groups attached to an aromatic ring is 1. The molecule has 21 nitrogen and oxygen atoms in total. The second-order valence-corrected chi connectivity index (χ2v) is 22.5. The van der Waals surface area contributed by atoms with Crippen LogP contribution in [0.3, 0.4) is 0 Å². The second-order valence-electron chi connectivity index (χ2n) is 20.4. The van der Waals surface area contributed by atoms with Crippen LogP contribution in [0.15, 0.2) is 182 Å². The quantitative estimate of drug-likeness (QED) is 0.0260. The number of carbonyl (C=O) groups excluding carboxylic acids is 1. The SMILES string of the molecule is C.C.C.CC(=O)O.CC(C)(C)OC(=O)N1CC(I)C1.Nc1ccc(C2CCC2)nc1-c1ccccc1.O=[N+]([O-])c1ccc(C2CCC2)nc1-c1ccccc1.O=[N+]([O-])c1cccnc1-c1ccccc1.O=[N+]([O-])c1cccnc1Cl.OB(O)c1ccccc1.[Zn]. The molecule has 5 N–H and O–H groups in total. The molecule has 4 aromatic heterocycles. The fraction of sp³-hybridized carbons (Fsp3) is 0.292. The predicted molar refractivity (Wildman–Crippen MR) is 361 cm³/mol. The molecule has 474 valence electrons. The molecule has 1 aliphatic heterocycles. The minimum atomic E-state index is -1.34. The minimum absolute atomic E-state index is 0. The van der Waals surface area contributed by atoms with Gasteiger partial charge in [-0.2, -0.15) is 0 Å². The smallest absolute Gasteiger partial charge is 0.481 e. The molecule has 2 saturated carbocycles. The van der Waals surface area contributed by atoms with Gasteiger partial charge in [0, 0.05) is 114 Å². The Bertz CT molecular complexity index is 3460. The number of nitrogens with two attached hydrogens (primary N) is 1. The van der Waals surface area contributed by atoms with Crippen molar-refractivity contribution in [1.29, 1.82) is 0 Å². The van der Waals surface area contributed by atoms with Crippen LogP contribution in [0.2, 0.25) is 5.15 Å². The standard InChI is InChI=1S/C15H14N2O2.C15H16N2.C11H8N2O2.C8H14INO2.C6H7BO2.C5H3ClN2O2.C2H4O2.3CH4.Zn/c18-17(19)14-10-9-13(11-7-4-8-11)16-15(14)12-5-2-1-3-6-12;16-13-9-10-14(11-7-4-8-11)17-15(13)12-5-2-1-3-6-12;14-13(15)10-7-4-8-12-11(10)9-5-2-1-3-6-9;1-8(2,3)12-7(11)10-4-6(9)5-10;8-7(9)6-4-2-1-3-5-6;6-5-4(8(9)10)2-1-3-7-5;1-2(3)4;;;;/h1-3,5-6,9-11H,4,7-8H2;1-3,5-6,9-11H,4,7-8,16H2;1-8H;6H,4-5H2,1-3H3;1-5,8-9H;1-3H;1H3,(H,3,4);3*1H4;. The second kappa shape index (κ2) is 40.5. The Morgan fingerprint density at radius 1 is 0.600 bits per heavy atom. The molecule has 11 rings (SSSR count). The molecule has 3 fully saturated rings. The molecule has 4 aromatic carbocycles. The number of aromatic nitrogens is 4. The number of aliphatic carboxylic acids is 1. The van der Waals surface area contributed by atoms with E-state index >= 15 is 0 Å². The van der Waals surface area contributed by atoms with Crippen molar-refractivity contribution >= 4 is 81.6 Å². The summed E-state index contributed by atoms with van der Waals surface area (Å²) in [6.07, 6.45) is 10.1. The maximum Gasteiger partial charge on any atom is 0.488 e. The van der Waals surface area contributed by atoms with E-state index in [9.17, 15) is 35.1 Å². The Hall–Kier alpha value is -8.15. The van der Waals surface area contributed by atoms with Crippen LogP contribution in [0, 0.1) is 30.3 Å². The number of halogens is 2. The first-order valence-electron chi connectivity index (χ1n) is 27.2. The average Bonchev–Trinajstić information content (AvgIpc) is 1.08. The number of nitro groups is 3. The third-order valence-corrected chi connectivity index (χ3v) is 13.8. The van der Waals surface area contributed by atoms with Crippen molar-refractivity contribution in [2.24, 2.45) is 0 Å². The molecule has 8 aromatic rings. The molecule has 0 atom stereocenters. The number of hydrogen-bond acceptors (Lipinski definition) is 16. The third kappa shape index (κ3) is 26.5. The molecule has 0 spiro atoms. The van der Waals surface area contributed by atoms with Gasteiger partial charge in [-0.25, -0.2) is 19.7 Å². The van der Waals surface area contributed by atoms with Crippen molar-refractivity contribution in [3.63, 3.8) is 0 Å². The zero-order valence-electron chi connectivity index (χ0n) is 48.4. The van der Waals surface area contributed by atoms with Crippen LogP contribution in [0.25, 0.3) is 33.8 Å². The van der Waals surface area contributed by atoms with E-state index < -0.39 is 22.9 Å². The molecule has 1 saturated heterocycles. The summed E-state index contributed by atoms with van der Waals surface area (Å²) >= 11 is 7.70. The molecule has 2 aliphatic carbocycles. The van der Waals surface area contributed by atoms with Crippen LogP contribution < -0.4 is 11.2 Å². The summed E-state index contributed by atoms with van der Waals surface area (Å²) in [6.45, 7) is 8.38. The number of pyridine rings is 4. The Morgan fingerprint density at radius 2 is 0.978 bits per heavy atom. The van der Waals surface area contributed by atoms with Gasteiger partial charge in [-0.1, -0.05) is 191 Å².